The van der Waals surface area contributed by atoms with Crippen LogP contribution in [0, 0.1) is 0 Å². The Bertz CT molecular complexity index is 934. The van der Waals surface area contributed by atoms with Gasteiger partial charge in [-0.25, -0.2) is 4.79 Å². The van der Waals surface area contributed by atoms with Crippen molar-refractivity contribution in [2.24, 2.45) is 0 Å². The standard InChI is InChI=1S/C23H24F3NO4/c1-30-20-11-16(7-10-19(20)23(24,25)26)22(29)12-17-8-9-18(13-22)27(17)21(28)31-14-15-5-3-2-4-6-15/h2-7,10-11,17-18,29H,8-9,12-14H2,1H3. The molecule has 2 saturated heterocycles. The maximum atomic E-state index is 13.2. The maximum Gasteiger partial charge on any atom is 0.419 e. The van der Waals surface area contributed by atoms with E-state index in [0.29, 0.717) is 18.4 Å². The first kappa shape index (κ1) is 21.5. The second-order valence-corrected chi connectivity index (χ2v) is 8.19. The van der Waals surface area contributed by atoms with Gasteiger partial charge < -0.3 is 19.5 Å². The van der Waals surface area contributed by atoms with E-state index in [9.17, 15) is 23.1 Å². The number of hydrogen-bond acceptors (Lipinski definition) is 4. The van der Waals surface area contributed by atoms with E-state index in [1.807, 2.05) is 30.3 Å². The van der Waals surface area contributed by atoms with Gasteiger partial charge in [-0.3, -0.25) is 0 Å². The number of methoxy groups -OCH3 is 1. The Kier molecular flexibility index (Phi) is 5.60. The fourth-order valence-electron chi connectivity index (χ4n) is 4.77. The van der Waals surface area contributed by atoms with Crippen molar-refractivity contribution < 1.29 is 32.5 Å². The van der Waals surface area contributed by atoms with Crippen molar-refractivity contribution in [1.82, 2.24) is 4.90 Å². The summed E-state index contributed by atoms with van der Waals surface area (Å²) >= 11 is 0. The molecule has 0 spiro atoms. The second-order valence-electron chi connectivity index (χ2n) is 8.19. The first-order valence-electron chi connectivity index (χ1n) is 10.2. The molecule has 8 heteroatoms. The van der Waals surface area contributed by atoms with Gasteiger partial charge in [-0.05, 0) is 36.1 Å². The Balaban J connectivity index is 1.50. The van der Waals surface area contributed by atoms with Crippen LogP contribution in [0.2, 0.25) is 0 Å². The van der Waals surface area contributed by atoms with Crippen LogP contribution in [-0.2, 0) is 23.1 Å². The number of fused-ring (bicyclic) bond motifs is 2. The number of halogens is 3. The number of rotatable bonds is 4. The summed E-state index contributed by atoms with van der Waals surface area (Å²) in [5.41, 5.74) is -0.966. The number of aliphatic hydroxyl groups is 1. The Morgan fingerprint density at radius 1 is 1.13 bits per heavy atom. The zero-order chi connectivity index (χ0) is 22.2. The summed E-state index contributed by atoms with van der Waals surface area (Å²) in [6.45, 7) is 0.163. The van der Waals surface area contributed by atoms with Gasteiger partial charge in [-0.1, -0.05) is 36.4 Å². The van der Waals surface area contributed by atoms with Crippen molar-refractivity contribution in [3.8, 4) is 5.75 Å². The summed E-state index contributed by atoms with van der Waals surface area (Å²) in [7, 11) is 1.17. The largest absolute Gasteiger partial charge is 0.496 e. The minimum atomic E-state index is -4.54. The third-order valence-corrected chi connectivity index (χ3v) is 6.23. The molecule has 0 aromatic heterocycles. The van der Waals surface area contributed by atoms with Crippen molar-refractivity contribution in [2.75, 3.05) is 7.11 Å². The number of hydrogen-bond donors (Lipinski definition) is 1. The number of benzene rings is 2. The molecule has 1 amide bonds. The molecule has 2 bridgehead atoms. The molecule has 2 aliphatic heterocycles. The maximum absolute atomic E-state index is 13.2. The number of nitrogens with zero attached hydrogens (tertiary/aromatic N) is 1. The lowest BCUT2D eigenvalue weighted by Crippen LogP contribution is -2.52. The molecule has 2 aromatic carbocycles. The summed E-state index contributed by atoms with van der Waals surface area (Å²) in [6, 6.07) is 12.4. The number of alkyl halides is 3. The summed E-state index contributed by atoms with van der Waals surface area (Å²) in [5, 5.41) is 11.3. The zero-order valence-corrected chi connectivity index (χ0v) is 17.1. The minimum absolute atomic E-state index is 0.163. The summed E-state index contributed by atoms with van der Waals surface area (Å²) in [4.78, 5) is 14.4. The summed E-state index contributed by atoms with van der Waals surface area (Å²) in [5.74, 6) is -0.324. The highest BCUT2D eigenvalue weighted by molar-refractivity contribution is 5.69. The SMILES string of the molecule is COc1cc(C2(O)CC3CCC(C2)N3C(=O)OCc2ccccc2)ccc1C(F)(F)F. The molecule has 4 rings (SSSR count). The average molecular weight is 435 g/mol. The first-order valence-corrected chi connectivity index (χ1v) is 10.2. The molecule has 2 heterocycles. The molecule has 2 fully saturated rings. The van der Waals surface area contributed by atoms with Crippen molar-refractivity contribution in [3.05, 3.63) is 65.2 Å². The highest BCUT2D eigenvalue weighted by Crippen LogP contribution is 2.47. The molecule has 1 N–H and O–H groups in total. The normalized spacial score (nSPS) is 25.4. The predicted molar refractivity (Wildman–Crippen MR) is 106 cm³/mol. The molecule has 0 saturated carbocycles. The molecule has 166 valence electrons. The van der Waals surface area contributed by atoms with Crippen molar-refractivity contribution in [1.29, 1.82) is 0 Å². The lowest BCUT2D eigenvalue weighted by Gasteiger charge is -2.43. The van der Waals surface area contributed by atoms with Gasteiger partial charge in [-0.2, -0.15) is 13.2 Å². The van der Waals surface area contributed by atoms with Gasteiger partial charge in [0.1, 0.15) is 12.4 Å². The van der Waals surface area contributed by atoms with Gasteiger partial charge in [-0.15, -0.1) is 0 Å². The van der Waals surface area contributed by atoms with Crippen LogP contribution in [0.5, 0.6) is 5.75 Å². The third kappa shape index (κ3) is 4.21. The fraction of sp³-hybridized carbons (Fsp3) is 0.435. The number of amides is 1. The smallest absolute Gasteiger partial charge is 0.419 e. The topological polar surface area (TPSA) is 59.0 Å². The Morgan fingerprint density at radius 3 is 2.35 bits per heavy atom. The van der Waals surface area contributed by atoms with E-state index in [2.05, 4.69) is 0 Å². The van der Waals surface area contributed by atoms with E-state index >= 15 is 0 Å². The Morgan fingerprint density at radius 2 is 1.77 bits per heavy atom. The van der Waals surface area contributed by atoms with E-state index < -0.39 is 23.4 Å². The van der Waals surface area contributed by atoms with E-state index in [-0.39, 0.29) is 37.3 Å². The molecule has 0 radical (unpaired) electrons. The molecular weight excluding hydrogens is 411 g/mol. The van der Waals surface area contributed by atoms with Crippen LogP contribution in [0.15, 0.2) is 48.5 Å². The van der Waals surface area contributed by atoms with Gasteiger partial charge in [0.25, 0.3) is 0 Å². The highest BCUT2D eigenvalue weighted by atomic mass is 19.4. The zero-order valence-electron chi connectivity index (χ0n) is 17.1. The van der Waals surface area contributed by atoms with Crippen LogP contribution in [0.4, 0.5) is 18.0 Å². The van der Waals surface area contributed by atoms with Crippen LogP contribution in [0.3, 0.4) is 0 Å². The predicted octanol–water partition coefficient (Wildman–Crippen LogP) is 4.87. The molecule has 0 aliphatic carbocycles. The average Bonchev–Trinajstić information content (AvgIpc) is 3.03. The van der Waals surface area contributed by atoms with Crippen LogP contribution in [0.1, 0.15) is 42.4 Å². The number of carbonyl (C=O) groups excluding carboxylic acids is 1. The highest BCUT2D eigenvalue weighted by Gasteiger charge is 2.51. The van der Waals surface area contributed by atoms with Crippen molar-refractivity contribution >= 4 is 6.09 Å². The molecule has 31 heavy (non-hydrogen) atoms. The van der Waals surface area contributed by atoms with E-state index in [1.54, 1.807) is 4.90 Å². The summed E-state index contributed by atoms with van der Waals surface area (Å²) in [6.07, 6.45) is -3.08. The van der Waals surface area contributed by atoms with Crippen LogP contribution >= 0.6 is 0 Å². The lowest BCUT2D eigenvalue weighted by molar-refractivity contribution is -0.138. The monoisotopic (exact) mass is 435 g/mol. The van der Waals surface area contributed by atoms with Crippen LogP contribution in [0.25, 0.3) is 0 Å². The van der Waals surface area contributed by atoms with E-state index in [1.165, 1.54) is 19.2 Å². The molecule has 5 nitrogen and oxygen atoms in total. The van der Waals surface area contributed by atoms with Crippen molar-refractivity contribution in [2.45, 2.75) is 56.2 Å². The lowest BCUT2D eigenvalue weighted by atomic mass is 9.80. The number of ether oxygens (including phenoxy) is 2. The van der Waals surface area contributed by atoms with Crippen LogP contribution in [-0.4, -0.2) is 35.3 Å². The molecule has 2 aliphatic rings. The van der Waals surface area contributed by atoms with E-state index in [4.69, 9.17) is 9.47 Å². The Labute approximate surface area is 178 Å². The minimum Gasteiger partial charge on any atom is -0.496 e. The fourth-order valence-corrected chi connectivity index (χ4v) is 4.77. The van der Waals surface area contributed by atoms with Gasteiger partial charge in [0.15, 0.2) is 0 Å². The molecule has 2 atom stereocenters. The Hall–Kier alpha value is -2.74. The van der Waals surface area contributed by atoms with Gasteiger partial charge in [0.05, 0.1) is 18.3 Å². The quantitative estimate of drug-likeness (QED) is 0.745. The van der Waals surface area contributed by atoms with Gasteiger partial charge in [0.2, 0.25) is 0 Å². The second kappa shape index (κ2) is 8.07. The van der Waals surface area contributed by atoms with Crippen molar-refractivity contribution in [3.63, 3.8) is 0 Å². The van der Waals surface area contributed by atoms with Crippen LogP contribution < -0.4 is 4.74 Å². The van der Waals surface area contributed by atoms with Gasteiger partial charge >= 0.3 is 12.3 Å². The first-order chi connectivity index (χ1) is 14.7. The molecule has 2 unspecified atom stereocenters. The molecular formula is C23H24F3NO4. The van der Waals surface area contributed by atoms with Gasteiger partial charge in [0, 0.05) is 24.9 Å². The third-order valence-electron chi connectivity index (χ3n) is 6.23. The number of carbonyl (C=O) groups is 1. The number of piperidine rings is 1. The van der Waals surface area contributed by atoms with E-state index in [0.717, 1.165) is 11.6 Å². The summed E-state index contributed by atoms with van der Waals surface area (Å²) < 4.78 is 49.9. The molecule has 2 aromatic rings.